The second-order valence-electron chi connectivity index (χ2n) is 7.09. The molecule has 1 aliphatic heterocycles. The number of ether oxygens (including phenoxy) is 1. The minimum atomic E-state index is 0.00525. The first-order chi connectivity index (χ1) is 12.4. The summed E-state index contributed by atoms with van der Waals surface area (Å²) in [5.41, 5.74) is 10.9. The smallest absolute Gasteiger partial charge is 0.253 e. The second-order valence-corrected chi connectivity index (χ2v) is 7.09. The van der Waals surface area contributed by atoms with E-state index in [4.69, 9.17) is 10.5 Å². The van der Waals surface area contributed by atoms with Crippen molar-refractivity contribution in [2.75, 3.05) is 39.6 Å². The van der Waals surface area contributed by atoms with Crippen LogP contribution in [0.25, 0.3) is 0 Å². The van der Waals surface area contributed by atoms with Gasteiger partial charge in [0.05, 0.1) is 12.8 Å². The highest BCUT2D eigenvalue weighted by Crippen LogP contribution is 2.25. The van der Waals surface area contributed by atoms with E-state index in [0.717, 1.165) is 35.5 Å². The first kappa shape index (κ1) is 18.4. The van der Waals surface area contributed by atoms with Gasteiger partial charge in [-0.15, -0.1) is 0 Å². The van der Waals surface area contributed by atoms with Crippen LogP contribution in [0.5, 0.6) is 0 Å². The summed E-state index contributed by atoms with van der Waals surface area (Å²) in [6.07, 6.45) is 0.712. The van der Waals surface area contributed by atoms with Gasteiger partial charge in [0.25, 0.3) is 5.91 Å². The first-order valence-corrected chi connectivity index (χ1v) is 8.97. The van der Waals surface area contributed by atoms with Crippen molar-refractivity contribution in [1.82, 2.24) is 9.80 Å². The number of hydrogen-bond donors (Lipinski definition) is 1. The highest BCUT2D eigenvalue weighted by Gasteiger charge is 2.18. The lowest BCUT2D eigenvalue weighted by Crippen LogP contribution is -2.21. The van der Waals surface area contributed by atoms with E-state index in [9.17, 15) is 4.79 Å². The van der Waals surface area contributed by atoms with Gasteiger partial charge < -0.3 is 15.4 Å². The van der Waals surface area contributed by atoms with E-state index in [1.165, 1.54) is 0 Å². The number of amides is 1. The fourth-order valence-corrected chi connectivity index (χ4v) is 2.84. The van der Waals surface area contributed by atoms with E-state index in [1.54, 1.807) is 19.0 Å². The van der Waals surface area contributed by atoms with Crippen molar-refractivity contribution >= 4 is 11.6 Å². The Kier molecular flexibility index (Phi) is 5.59. The summed E-state index contributed by atoms with van der Waals surface area (Å²) in [6, 6.07) is 13.8. The van der Waals surface area contributed by atoms with Crippen molar-refractivity contribution in [2.24, 2.45) is 0 Å². The van der Waals surface area contributed by atoms with Crippen LogP contribution in [0.2, 0.25) is 0 Å². The molecule has 0 spiro atoms. The Bertz CT molecular complexity index is 785. The standard InChI is InChI=1S/C21H27N3O2/c1-15(26-14-24-9-10-24)17-7-8-20(22)19(13-17)12-16-5-4-6-18(11-16)21(25)23(2)3/h4-8,11,13,15H,9-10,12,14,22H2,1-3H3. The zero-order chi connectivity index (χ0) is 18.7. The maximum Gasteiger partial charge on any atom is 0.253 e. The van der Waals surface area contributed by atoms with Crippen LogP contribution in [-0.4, -0.2) is 49.6 Å². The summed E-state index contributed by atoms with van der Waals surface area (Å²) < 4.78 is 5.91. The summed E-state index contributed by atoms with van der Waals surface area (Å²) in [6.45, 7) is 4.99. The van der Waals surface area contributed by atoms with E-state index in [1.807, 2.05) is 36.4 Å². The fourth-order valence-electron chi connectivity index (χ4n) is 2.84. The Balaban J connectivity index is 1.75. The van der Waals surface area contributed by atoms with Crippen molar-refractivity contribution in [3.8, 4) is 0 Å². The van der Waals surface area contributed by atoms with Crippen molar-refractivity contribution < 1.29 is 9.53 Å². The topological polar surface area (TPSA) is 58.6 Å². The van der Waals surface area contributed by atoms with Crippen LogP contribution in [0.3, 0.4) is 0 Å². The van der Waals surface area contributed by atoms with E-state index < -0.39 is 0 Å². The molecular formula is C21H27N3O2. The molecule has 0 aliphatic carbocycles. The van der Waals surface area contributed by atoms with Crippen LogP contribution in [-0.2, 0) is 11.2 Å². The molecule has 5 nitrogen and oxygen atoms in total. The normalized spacial score (nSPS) is 14.9. The molecule has 1 aliphatic rings. The van der Waals surface area contributed by atoms with Crippen LogP contribution in [0.4, 0.5) is 5.69 Å². The van der Waals surface area contributed by atoms with Gasteiger partial charge in [-0.1, -0.05) is 24.3 Å². The number of carbonyl (C=O) groups excluding carboxylic acids is 1. The van der Waals surface area contributed by atoms with Crippen LogP contribution < -0.4 is 5.73 Å². The number of nitrogens with two attached hydrogens (primary N) is 1. The average molecular weight is 353 g/mol. The van der Waals surface area contributed by atoms with Gasteiger partial charge in [-0.05, 0) is 48.2 Å². The van der Waals surface area contributed by atoms with Crippen LogP contribution in [0.15, 0.2) is 42.5 Å². The van der Waals surface area contributed by atoms with Crippen LogP contribution in [0.1, 0.15) is 40.1 Å². The summed E-state index contributed by atoms with van der Waals surface area (Å²) in [7, 11) is 3.52. The summed E-state index contributed by atoms with van der Waals surface area (Å²) in [5, 5.41) is 0. The molecule has 1 heterocycles. The Morgan fingerprint density at radius 2 is 2.00 bits per heavy atom. The molecule has 5 heteroatoms. The lowest BCUT2D eigenvalue weighted by Gasteiger charge is -2.16. The number of rotatable bonds is 7. The molecule has 2 aromatic carbocycles. The number of hydrogen-bond acceptors (Lipinski definition) is 4. The lowest BCUT2D eigenvalue weighted by molar-refractivity contribution is 0.0249. The predicted molar refractivity (Wildman–Crippen MR) is 104 cm³/mol. The average Bonchev–Trinajstić information content (AvgIpc) is 3.45. The third-order valence-electron chi connectivity index (χ3n) is 4.66. The first-order valence-electron chi connectivity index (χ1n) is 8.97. The molecule has 1 atom stereocenters. The van der Waals surface area contributed by atoms with E-state index in [2.05, 4.69) is 17.9 Å². The molecule has 26 heavy (non-hydrogen) atoms. The van der Waals surface area contributed by atoms with Gasteiger partial charge in [0.1, 0.15) is 0 Å². The molecule has 0 aromatic heterocycles. The molecule has 1 fully saturated rings. The van der Waals surface area contributed by atoms with Crippen LogP contribution >= 0.6 is 0 Å². The molecule has 0 radical (unpaired) electrons. The van der Waals surface area contributed by atoms with Crippen molar-refractivity contribution in [1.29, 1.82) is 0 Å². The Morgan fingerprint density at radius 3 is 2.69 bits per heavy atom. The van der Waals surface area contributed by atoms with Gasteiger partial charge in [-0.2, -0.15) is 0 Å². The minimum absolute atomic E-state index is 0.00525. The zero-order valence-corrected chi connectivity index (χ0v) is 15.7. The third-order valence-corrected chi connectivity index (χ3v) is 4.66. The quantitative estimate of drug-likeness (QED) is 0.614. The maximum absolute atomic E-state index is 12.2. The largest absolute Gasteiger partial charge is 0.398 e. The molecule has 0 bridgehead atoms. The van der Waals surface area contributed by atoms with Crippen molar-refractivity contribution in [2.45, 2.75) is 19.4 Å². The van der Waals surface area contributed by atoms with Crippen molar-refractivity contribution in [3.05, 3.63) is 64.7 Å². The fraction of sp³-hybridized carbons (Fsp3) is 0.381. The van der Waals surface area contributed by atoms with Crippen molar-refractivity contribution in [3.63, 3.8) is 0 Å². The van der Waals surface area contributed by atoms with Gasteiger partial charge in [-0.25, -0.2) is 0 Å². The van der Waals surface area contributed by atoms with Gasteiger partial charge >= 0.3 is 0 Å². The molecule has 2 N–H and O–H groups in total. The molecule has 138 valence electrons. The van der Waals surface area contributed by atoms with E-state index >= 15 is 0 Å². The Morgan fingerprint density at radius 1 is 1.23 bits per heavy atom. The molecule has 3 rings (SSSR count). The Hall–Kier alpha value is -2.37. The molecule has 1 unspecified atom stereocenters. The highest BCUT2D eigenvalue weighted by atomic mass is 16.5. The predicted octanol–water partition coefficient (Wildman–Crippen LogP) is 2.91. The molecule has 1 amide bonds. The summed E-state index contributed by atoms with van der Waals surface area (Å²) >= 11 is 0. The highest BCUT2D eigenvalue weighted by molar-refractivity contribution is 5.94. The number of benzene rings is 2. The summed E-state index contributed by atoms with van der Waals surface area (Å²) in [5.74, 6) is 0.00525. The molecular weight excluding hydrogens is 326 g/mol. The van der Waals surface area contributed by atoms with Crippen LogP contribution in [0, 0.1) is 0 Å². The second kappa shape index (κ2) is 7.89. The number of anilines is 1. The van der Waals surface area contributed by atoms with Gasteiger partial charge in [0, 0.05) is 38.4 Å². The van der Waals surface area contributed by atoms with E-state index in [-0.39, 0.29) is 12.0 Å². The maximum atomic E-state index is 12.2. The SMILES string of the molecule is CC(OCN1CC1)c1ccc(N)c(Cc2cccc(C(=O)N(C)C)c2)c1. The van der Waals surface area contributed by atoms with Gasteiger partial charge in [0.15, 0.2) is 0 Å². The van der Waals surface area contributed by atoms with Gasteiger partial charge in [-0.3, -0.25) is 9.69 Å². The molecule has 2 aromatic rings. The number of carbonyl (C=O) groups is 1. The van der Waals surface area contributed by atoms with E-state index in [0.29, 0.717) is 18.7 Å². The minimum Gasteiger partial charge on any atom is -0.398 e. The monoisotopic (exact) mass is 353 g/mol. The Labute approximate surface area is 155 Å². The number of nitrogens with zero attached hydrogens (tertiary/aromatic N) is 2. The van der Waals surface area contributed by atoms with Gasteiger partial charge in [0.2, 0.25) is 0 Å². The molecule has 0 saturated carbocycles. The summed E-state index contributed by atoms with van der Waals surface area (Å²) in [4.78, 5) is 16.0. The molecule has 1 saturated heterocycles. The lowest BCUT2D eigenvalue weighted by atomic mass is 9.98. The zero-order valence-electron chi connectivity index (χ0n) is 15.7. The number of nitrogen functional groups attached to an aromatic ring is 1. The third kappa shape index (κ3) is 4.62.